The molecule has 0 fully saturated rings. The van der Waals surface area contributed by atoms with E-state index in [4.69, 9.17) is 0 Å². The van der Waals surface area contributed by atoms with Crippen LogP contribution in [0, 0.1) is 13.8 Å². The van der Waals surface area contributed by atoms with Gasteiger partial charge in [-0.15, -0.1) is 0 Å². The van der Waals surface area contributed by atoms with Crippen molar-refractivity contribution >= 4 is 5.78 Å². The van der Waals surface area contributed by atoms with Gasteiger partial charge in [-0.1, -0.05) is 78.4 Å². The van der Waals surface area contributed by atoms with Crippen LogP contribution in [0.4, 0.5) is 0 Å². The molecule has 0 spiro atoms. The van der Waals surface area contributed by atoms with Gasteiger partial charge in [0.15, 0.2) is 5.78 Å². The number of Topliss-reactive ketones (excluding diaryl/α,β-unsaturated/α-hetero) is 1. The predicted octanol–water partition coefficient (Wildman–Crippen LogP) is 5.81. The number of aryl methyl sites for hydroxylation is 2. The Morgan fingerprint density at radius 2 is 1.38 bits per heavy atom. The van der Waals surface area contributed by atoms with Crippen LogP contribution in [-0.2, 0) is 5.41 Å². The molecule has 0 bridgehead atoms. The molecule has 0 unspecified atom stereocenters. The number of carbonyl (C=O) groups is 1. The zero-order valence-electron chi connectivity index (χ0n) is 18.1. The molecule has 2 nitrogen and oxygen atoms in total. The van der Waals surface area contributed by atoms with Gasteiger partial charge in [-0.3, -0.25) is 4.79 Å². The van der Waals surface area contributed by atoms with Crippen molar-refractivity contribution < 1.29 is 4.79 Å². The van der Waals surface area contributed by atoms with Gasteiger partial charge in [0.1, 0.15) is 0 Å². The second-order valence-corrected chi connectivity index (χ2v) is 8.30. The van der Waals surface area contributed by atoms with E-state index < -0.39 is 5.41 Å². The maximum Gasteiger partial charge on any atom is 0.178 e. The summed E-state index contributed by atoms with van der Waals surface area (Å²) in [5.41, 5.74) is 4.29. The zero-order chi connectivity index (χ0) is 21.0. The van der Waals surface area contributed by atoms with Crippen LogP contribution in [0.15, 0.2) is 78.9 Å². The summed E-state index contributed by atoms with van der Waals surface area (Å²) in [5.74, 6) is 0.171. The first-order valence-electron chi connectivity index (χ1n) is 10.3. The predicted molar refractivity (Wildman–Crippen MR) is 122 cm³/mol. The van der Waals surface area contributed by atoms with Crippen LogP contribution >= 0.6 is 0 Å². The van der Waals surface area contributed by atoms with Crippen molar-refractivity contribution in [1.29, 1.82) is 0 Å². The number of ketones is 1. The topological polar surface area (TPSA) is 20.3 Å². The fourth-order valence-electron chi connectivity index (χ4n) is 4.04. The molecule has 0 aromatic heterocycles. The smallest absolute Gasteiger partial charge is 0.178 e. The summed E-state index contributed by atoms with van der Waals surface area (Å²) in [6.07, 6.45) is 0.709. The quantitative estimate of drug-likeness (QED) is 0.478. The van der Waals surface area contributed by atoms with Crippen LogP contribution in [0.25, 0.3) is 0 Å². The van der Waals surface area contributed by atoms with Crippen LogP contribution in [0.5, 0.6) is 0 Å². The minimum absolute atomic E-state index is 0.171. The molecule has 29 heavy (non-hydrogen) atoms. The zero-order valence-corrected chi connectivity index (χ0v) is 18.1. The first-order chi connectivity index (χ1) is 13.9. The van der Waals surface area contributed by atoms with Crippen LogP contribution in [-0.4, -0.2) is 30.8 Å². The summed E-state index contributed by atoms with van der Waals surface area (Å²) in [5, 5.41) is 0. The molecule has 0 aliphatic rings. The Morgan fingerprint density at radius 1 is 0.862 bits per heavy atom. The standard InChI is InChI=1S/C27H31NO/c1-20-16-17-21(2)25(18-20)26(29)27(19-22(3)28(4)5,23-12-8-6-9-13-23)24-14-10-7-11-15-24/h6-18,22H,19H2,1-5H3/t22-/m1/s1. The van der Waals surface area contributed by atoms with Crippen molar-refractivity contribution in [2.24, 2.45) is 0 Å². The second kappa shape index (κ2) is 8.75. The Labute approximate surface area is 175 Å². The Hall–Kier alpha value is -2.71. The SMILES string of the molecule is Cc1ccc(C)c(C(=O)C(C[C@@H](C)N(C)C)(c2ccccc2)c2ccccc2)c1. The lowest BCUT2D eigenvalue weighted by atomic mass is 9.65. The van der Waals surface area contributed by atoms with E-state index in [0.717, 1.165) is 27.8 Å². The normalized spacial score (nSPS) is 12.8. The minimum atomic E-state index is -0.745. The highest BCUT2D eigenvalue weighted by Gasteiger charge is 2.44. The van der Waals surface area contributed by atoms with Gasteiger partial charge in [-0.25, -0.2) is 0 Å². The van der Waals surface area contributed by atoms with E-state index >= 15 is 0 Å². The summed E-state index contributed by atoms with van der Waals surface area (Å²) in [4.78, 5) is 16.6. The van der Waals surface area contributed by atoms with E-state index in [1.807, 2.05) is 56.3 Å². The van der Waals surface area contributed by atoms with Gasteiger partial charge in [-0.2, -0.15) is 0 Å². The molecular formula is C27H31NO. The lowest BCUT2D eigenvalue weighted by Gasteiger charge is -2.38. The summed E-state index contributed by atoms with van der Waals surface area (Å²) < 4.78 is 0. The molecule has 0 saturated carbocycles. The Morgan fingerprint density at radius 3 is 1.86 bits per heavy atom. The van der Waals surface area contributed by atoms with Gasteiger partial charge in [0, 0.05) is 11.6 Å². The van der Waals surface area contributed by atoms with Gasteiger partial charge >= 0.3 is 0 Å². The first kappa shape index (κ1) is 21.0. The monoisotopic (exact) mass is 385 g/mol. The molecule has 3 aromatic carbocycles. The lowest BCUT2D eigenvalue weighted by Crippen LogP contribution is -2.43. The van der Waals surface area contributed by atoms with Crippen molar-refractivity contribution in [2.75, 3.05) is 14.1 Å². The van der Waals surface area contributed by atoms with Crippen molar-refractivity contribution in [3.63, 3.8) is 0 Å². The van der Waals surface area contributed by atoms with Crippen molar-refractivity contribution in [1.82, 2.24) is 4.90 Å². The highest BCUT2D eigenvalue weighted by molar-refractivity contribution is 6.07. The number of hydrogen-bond donors (Lipinski definition) is 0. The van der Waals surface area contributed by atoms with Gasteiger partial charge < -0.3 is 4.90 Å². The maximum atomic E-state index is 14.4. The summed E-state index contributed by atoms with van der Waals surface area (Å²) in [6, 6.07) is 26.9. The van der Waals surface area contributed by atoms with Crippen molar-refractivity contribution in [2.45, 2.75) is 38.6 Å². The van der Waals surface area contributed by atoms with Gasteiger partial charge in [-0.05, 0) is 64.0 Å². The third-order valence-corrected chi connectivity index (χ3v) is 6.04. The fraction of sp³-hybridized carbons (Fsp3) is 0.296. The van der Waals surface area contributed by atoms with Crippen molar-refractivity contribution in [3.8, 4) is 0 Å². The van der Waals surface area contributed by atoms with Gasteiger partial charge in [0.2, 0.25) is 0 Å². The molecule has 0 N–H and O–H groups in total. The molecular weight excluding hydrogens is 354 g/mol. The Kier molecular flexibility index (Phi) is 6.34. The highest BCUT2D eigenvalue weighted by atomic mass is 16.1. The number of carbonyl (C=O) groups excluding carboxylic acids is 1. The van der Waals surface area contributed by atoms with E-state index in [1.165, 1.54) is 0 Å². The van der Waals surface area contributed by atoms with Crippen molar-refractivity contribution in [3.05, 3.63) is 107 Å². The van der Waals surface area contributed by atoms with E-state index in [-0.39, 0.29) is 11.8 Å². The number of rotatable bonds is 7. The van der Waals surface area contributed by atoms with Gasteiger partial charge in [0.05, 0.1) is 5.41 Å². The molecule has 150 valence electrons. The molecule has 0 aliphatic carbocycles. The molecule has 3 aromatic rings. The summed E-state index contributed by atoms with van der Waals surface area (Å²) >= 11 is 0. The molecule has 0 radical (unpaired) electrons. The van der Waals surface area contributed by atoms with E-state index in [0.29, 0.717) is 6.42 Å². The van der Waals surface area contributed by atoms with Crippen LogP contribution < -0.4 is 0 Å². The van der Waals surface area contributed by atoms with E-state index in [1.54, 1.807) is 0 Å². The fourth-order valence-corrected chi connectivity index (χ4v) is 4.04. The molecule has 0 amide bonds. The summed E-state index contributed by atoms with van der Waals surface area (Å²) in [6.45, 7) is 6.27. The van der Waals surface area contributed by atoms with Crippen LogP contribution in [0.2, 0.25) is 0 Å². The molecule has 0 aliphatic heterocycles. The molecule has 1 atom stereocenters. The number of hydrogen-bond acceptors (Lipinski definition) is 2. The second-order valence-electron chi connectivity index (χ2n) is 8.30. The minimum Gasteiger partial charge on any atom is -0.307 e. The van der Waals surface area contributed by atoms with Crippen LogP contribution in [0.1, 0.15) is 46.0 Å². The largest absolute Gasteiger partial charge is 0.307 e. The van der Waals surface area contributed by atoms with Gasteiger partial charge in [0.25, 0.3) is 0 Å². The first-order valence-corrected chi connectivity index (χ1v) is 10.3. The Bertz CT molecular complexity index is 921. The van der Waals surface area contributed by atoms with E-state index in [2.05, 4.69) is 62.3 Å². The maximum absolute atomic E-state index is 14.4. The molecule has 3 rings (SSSR count). The average Bonchev–Trinajstić information content (AvgIpc) is 2.74. The molecule has 2 heteroatoms. The third kappa shape index (κ3) is 4.18. The number of nitrogens with zero attached hydrogens (tertiary/aromatic N) is 1. The number of benzene rings is 3. The molecule has 0 heterocycles. The summed E-state index contributed by atoms with van der Waals surface area (Å²) in [7, 11) is 4.15. The van der Waals surface area contributed by atoms with Crippen LogP contribution in [0.3, 0.4) is 0 Å². The highest BCUT2D eigenvalue weighted by Crippen LogP contribution is 2.41. The van der Waals surface area contributed by atoms with E-state index in [9.17, 15) is 4.79 Å². The lowest BCUT2D eigenvalue weighted by molar-refractivity contribution is 0.0881. The average molecular weight is 386 g/mol. The Balaban J connectivity index is 2.32. The third-order valence-electron chi connectivity index (χ3n) is 6.04. The molecule has 0 saturated heterocycles.